The molecule has 0 bridgehead atoms. The molecule has 10 heavy (non-hydrogen) atoms. The Labute approximate surface area is 63.1 Å². The molecule has 2 N–H and O–H groups in total. The Morgan fingerprint density at radius 1 is 1.40 bits per heavy atom. The number of nitrogens with two attached hydrogens (primary N) is 1. The van der Waals surface area contributed by atoms with Gasteiger partial charge in [-0.15, -0.1) is 0 Å². The minimum absolute atomic E-state index is 0.128. The third kappa shape index (κ3) is 5.79. The molecule has 0 radical (unpaired) electrons. The van der Waals surface area contributed by atoms with Crippen LogP contribution in [0.4, 0.5) is 0 Å². The molecule has 0 rings (SSSR count). The Morgan fingerprint density at radius 3 is 2.40 bits per heavy atom. The van der Waals surface area contributed by atoms with Crippen LogP contribution in [0.3, 0.4) is 0 Å². The van der Waals surface area contributed by atoms with Gasteiger partial charge in [0.1, 0.15) is 0 Å². The first kappa shape index (κ1) is 9.66. The van der Waals surface area contributed by atoms with Gasteiger partial charge in [0.05, 0.1) is 6.10 Å². The summed E-state index contributed by atoms with van der Waals surface area (Å²) < 4.78 is 5.25. The maximum absolute atomic E-state index is 5.49. The van der Waals surface area contributed by atoms with Crippen LogP contribution >= 0.6 is 0 Å². The SMILES string of the molecule is CCOC(C)/C=C/C(C)N. The highest BCUT2D eigenvalue weighted by molar-refractivity contribution is 4.92. The Morgan fingerprint density at radius 2 is 2.00 bits per heavy atom. The number of hydrogen-bond acceptors (Lipinski definition) is 2. The molecule has 0 aromatic carbocycles. The minimum Gasteiger partial charge on any atom is -0.375 e. The lowest BCUT2D eigenvalue weighted by Gasteiger charge is -2.05. The Balaban J connectivity index is 3.45. The average molecular weight is 143 g/mol. The van der Waals surface area contributed by atoms with Gasteiger partial charge in [-0.2, -0.15) is 0 Å². The molecule has 2 heteroatoms. The molecule has 0 saturated carbocycles. The maximum Gasteiger partial charge on any atom is 0.0728 e. The van der Waals surface area contributed by atoms with Crippen molar-refractivity contribution < 1.29 is 4.74 Å². The van der Waals surface area contributed by atoms with Gasteiger partial charge >= 0.3 is 0 Å². The molecule has 0 fully saturated rings. The highest BCUT2D eigenvalue weighted by atomic mass is 16.5. The van der Waals surface area contributed by atoms with Crippen LogP contribution in [0.5, 0.6) is 0 Å². The fourth-order valence-electron chi connectivity index (χ4n) is 0.650. The molecule has 0 saturated heterocycles. The highest BCUT2D eigenvalue weighted by Gasteiger charge is 1.92. The van der Waals surface area contributed by atoms with Crippen molar-refractivity contribution >= 4 is 0 Å². The van der Waals surface area contributed by atoms with Crippen molar-refractivity contribution in [3.63, 3.8) is 0 Å². The largest absolute Gasteiger partial charge is 0.375 e. The van der Waals surface area contributed by atoms with Crippen LogP contribution in [0.2, 0.25) is 0 Å². The molecule has 0 aromatic heterocycles. The van der Waals surface area contributed by atoms with Gasteiger partial charge in [0.25, 0.3) is 0 Å². The van der Waals surface area contributed by atoms with E-state index in [1.165, 1.54) is 0 Å². The zero-order valence-corrected chi connectivity index (χ0v) is 7.00. The van der Waals surface area contributed by atoms with E-state index in [0.29, 0.717) is 0 Å². The van der Waals surface area contributed by atoms with Crippen LogP contribution in [0.1, 0.15) is 20.8 Å². The molecule has 2 unspecified atom stereocenters. The second-order valence-electron chi connectivity index (χ2n) is 2.40. The predicted molar refractivity (Wildman–Crippen MR) is 43.9 cm³/mol. The van der Waals surface area contributed by atoms with Gasteiger partial charge in [-0.05, 0) is 20.8 Å². The lowest BCUT2D eigenvalue weighted by atomic mass is 10.3. The summed E-state index contributed by atoms with van der Waals surface area (Å²) in [5.74, 6) is 0. The van der Waals surface area contributed by atoms with Crippen molar-refractivity contribution in [3.05, 3.63) is 12.2 Å². The van der Waals surface area contributed by atoms with E-state index in [-0.39, 0.29) is 12.1 Å². The molecule has 60 valence electrons. The summed E-state index contributed by atoms with van der Waals surface area (Å²) in [5.41, 5.74) is 5.49. The van der Waals surface area contributed by atoms with E-state index in [2.05, 4.69) is 0 Å². The molecule has 0 heterocycles. The predicted octanol–water partition coefficient (Wildman–Crippen LogP) is 1.31. The number of ether oxygens (including phenoxy) is 1. The number of rotatable bonds is 4. The van der Waals surface area contributed by atoms with Crippen molar-refractivity contribution in [2.75, 3.05) is 6.61 Å². The monoisotopic (exact) mass is 143 g/mol. The molecule has 2 atom stereocenters. The quantitative estimate of drug-likeness (QED) is 0.602. The molecular formula is C8H17NO. The van der Waals surface area contributed by atoms with Crippen molar-refractivity contribution in [2.45, 2.75) is 32.9 Å². The van der Waals surface area contributed by atoms with E-state index in [4.69, 9.17) is 10.5 Å². The summed E-state index contributed by atoms with van der Waals surface area (Å²) in [5, 5.41) is 0. The third-order valence-electron chi connectivity index (χ3n) is 1.12. The summed E-state index contributed by atoms with van der Waals surface area (Å²) in [6.07, 6.45) is 4.12. The highest BCUT2D eigenvalue weighted by Crippen LogP contribution is 1.92. The van der Waals surface area contributed by atoms with Crippen molar-refractivity contribution in [1.29, 1.82) is 0 Å². The van der Waals surface area contributed by atoms with E-state index >= 15 is 0 Å². The summed E-state index contributed by atoms with van der Waals surface area (Å²) >= 11 is 0. The minimum atomic E-state index is 0.128. The van der Waals surface area contributed by atoms with Crippen LogP contribution in [0.25, 0.3) is 0 Å². The first-order chi connectivity index (χ1) is 4.66. The normalized spacial score (nSPS) is 17.6. The molecule has 0 spiro atoms. The van der Waals surface area contributed by atoms with Gasteiger partial charge in [0, 0.05) is 12.6 Å². The van der Waals surface area contributed by atoms with Gasteiger partial charge in [0.15, 0.2) is 0 Å². The van der Waals surface area contributed by atoms with Gasteiger partial charge in [0.2, 0.25) is 0 Å². The molecular weight excluding hydrogens is 126 g/mol. The van der Waals surface area contributed by atoms with Crippen LogP contribution in [0, 0.1) is 0 Å². The number of hydrogen-bond donors (Lipinski definition) is 1. The summed E-state index contributed by atoms with van der Waals surface area (Å²) in [4.78, 5) is 0. The third-order valence-corrected chi connectivity index (χ3v) is 1.12. The first-order valence-electron chi connectivity index (χ1n) is 3.72. The van der Waals surface area contributed by atoms with E-state index in [0.717, 1.165) is 6.61 Å². The summed E-state index contributed by atoms with van der Waals surface area (Å²) in [6, 6.07) is 0.128. The van der Waals surface area contributed by atoms with E-state index in [1.807, 2.05) is 32.9 Å². The standard InChI is InChI=1S/C8H17NO/c1-4-10-8(3)6-5-7(2)9/h5-8H,4,9H2,1-3H3/b6-5+. The summed E-state index contributed by atoms with van der Waals surface area (Å²) in [6.45, 7) is 6.68. The molecule has 0 aliphatic carbocycles. The lowest BCUT2D eigenvalue weighted by Crippen LogP contribution is -2.12. The van der Waals surface area contributed by atoms with E-state index in [1.54, 1.807) is 0 Å². The maximum atomic E-state index is 5.49. The van der Waals surface area contributed by atoms with E-state index < -0.39 is 0 Å². The van der Waals surface area contributed by atoms with Crippen LogP contribution in [-0.4, -0.2) is 18.8 Å². The van der Waals surface area contributed by atoms with Crippen molar-refractivity contribution in [3.8, 4) is 0 Å². The Bertz CT molecular complexity index is 99.4. The Kier molecular flexibility index (Phi) is 5.26. The van der Waals surface area contributed by atoms with Crippen LogP contribution < -0.4 is 5.73 Å². The van der Waals surface area contributed by atoms with Crippen molar-refractivity contribution in [2.24, 2.45) is 5.73 Å². The van der Waals surface area contributed by atoms with Crippen LogP contribution in [0.15, 0.2) is 12.2 Å². The molecule has 0 aromatic rings. The first-order valence-corrected chi connectivity index (χ1v) is 3.72. The van der Waals surface area contributed by atoms with Gasteiger partial charge in [-0.25, -0.2) is 0 Å². The van der Waals surface area contributed by atoms with Crippen molar-refractivity contribution in [1.82, 2.24) is 0 Å². The smallest absolute Gasteiger partial charge is 0.0728 e. The lowest BCUT2D eigenvalue weighted by molar-refractivity contribution is 0.109. The molecule has 0 amide bonds. The van der Waals surface area contributed by atoms with Gasteiger partial charge in [-0.3, -0.25) is 0 Å². The second kappa shape index (κ2) is 5.45. The fraction of sp³-hybridized carbons (Fsp3) is 0.750. The zero-order valence-electron chi connectivity index (χ0n) is 7.00. The summed E-state index contributed by atoms with van der Waals surface area (Å²) in [7, 11) is 0. The van der Waals surface area contributed by atoms with Gasteiger partial charge < -0.3 is 10.5 Å². The molecule has 0 aliphatic rings. The van der Waals surface area contributed by atoms with Gasteiger partial charge in [-0.1, -0.05) is 12.2 Å². The zero-order chi connectivity index (χ0) is 7.98. The van der Waals surface area contributed by atoms with E-state index in [9.17, 15) is 0 Å². The Hall–Kier alpha value is -0.340. The second-order valence-corrected chi connectivity index (χ2v) is 2.40. The van der Waals surface area contributed by atoms with Crippen LogP contribution in [-0.2, 0) is 4.74 Å². The molecule has 0 aliphatic heterocycles. The molecule has 2 nitrogen and oxygen atoms in total. The topological polar surface area (TPSA) is 35.2 Å². The fourth-order valence-corrected chi connectivity index (χ4v) is 0.650. The average Bonchev–Trinajstić information content (AvgIpc) is 1.85.